The van der Waals surface area contributed by atoms with E-state index in [1.165, 1.54) is 6.07 Å². The van der Waals surface area contributed by atoms with E-state index in [0.717, 1.165) is 5.56 Å². The molecule has 4 N–H and O–H groups in total. The fraction of sp³-hybridized carbons (Fsp3) is 0.158. The summed E-state index contributed by atoms with van der Waals surface area (Å²) in [4.78, 5) is 22.8. The third-order valence-corrected chi connectivity index (χ3v) is 3.40. The van der Waals surface area contributed by atoms with Crippen LogP contribution >= 0.6 is 0 Å². The van der Waals surface area contributed by atoms with E-state index in [-0.39, 0.29) is 12.2 Å². The van der Waals surface area contributed by atoms with E-state index in [0.29, 0.717) is 24.2 Å². The maximum absolute atomic E-state index is 11.6. The number of nitrogen functional groups attached to an aromatic ring is 1. The molecule has 0 unspecified atom stereocenters. The highest BCUT2D eigenvalue weighted by molar-refractivity contribution is 5.93. The monoisotopic (exact) mass is 340 g/mol. The molecule has 0 saturated carbocycles. The zero-order valence-corrected chi connectivity index (χ0v) is 13.6. The van der Waals surface area contributed by atoms with Gasteiger partial charge in [0.2, 0.25) is 0 Å². The van der Waals surface area contributed by atoms with Gasteiger partial charge < -0.3 is 20.9 Å². The molecule has 0 spiro atoms. The minimum atomic E-state index is -1.03. The Bertz CT molecular complexity index is 757. The van der Waals surface area contributed by atoms with Crippen LogP contribution in [0.25, 0.3) is 6.08 Å². The summed E-state index contributed by atoms with van der Waals surface area (Å²) in [7, 11) is 0. The summed E-state index contributed by atoms with van der Waals surface area (Å²) in [5.41, 5.74) is 7.62. The lowest BCUT2D eigenvalue weighted by atomic mass is 10.1. The van der Waals surface area contributed by atoms with Crippen LogP contribution in [0.2, 0.25) is 0 Å². The van der Waals surface area contributed by atoms with Gasteiger partial charge in [-0.05, 0) is 29.7 Å². The van der Waals surface area contributed by atoms with Crippen LogP contribution in [0.1, 0.15) is 27.9 Å². The number of amides is 1. The molecule has 1 amide bonds. The van der Waals surface area contributed by atoms with Gasteiger partial charge in [-0.1, -0.05) is 48.6 Å². The van der Waals surface area contributed by atoms with Gasteiger partial charge in [-0.25, -0.2) is 9.59 Å². The molecule has 25 heavy (non-hydrogen) atoms. The Morgan fingerprint density at radius 2 is 1.92 bits per heavy atom. The number of hydrogen-bond donors (Lipinski definition) is 3. The quantitative estimate of drug-likeness (QED) is 0.530. The van der Waals surface area contributed by atoms with Gasteiger partial charge in [0.1, 0.15) is 6.61 Å². The van der Waals surface area contributed by atoms with Crippen LogP contribution in [0.4, 0.5) is 10.5 Å². The highest BCUT2D eigenvalue weighted by atomic mass is 16.5. The number of anilines is 1. The first-order valence-electron chi connectivity index (χ1n) is 7.80. The standard InChI is InChI=1S/C19H20N2O4/c20-16-10-9-15(17(12-16)18(22)23)8-4-5-11-21-19(24)25-13-14-6-2-1-3-7-14/h1-4,6-10,12H,5,11,13,20H2,(H,21,24)(H,22,23). The van der Waals surface area contributed by atoms with Gasteiger partial charge in [0.15, 0.2) is 0 Å². The van der Waals surface area contributed by atoms with Crippen molar-refractivity contribution in [2.45, 2.75) is 13.0 Å². The van der Waals surface area contributed by atoms with Crippen molar-refractivity contribution in [1.82, 2.24) is 5.32 Å². The summed E-state index contributed by atoms with van der Waals surface area (Å²) >= 11 is 0. The fourth-order valence-electron chi connectivity index (χ4n) is 2.15. The number of rotatable bonds is 7. The molecule has 0 aliphatic carbocycles. The van der Waals surface area contributed by atoms with Crippen LogP contribution in [-0.4, -0.2) is 23.7 Å². The lowest BCUT2D eigenvalue weighted by Crippen LogP contribution is -2.24. The molecule has 0 aromatic heterocycles. The van der Waals surface area contributed by atoms with E-state index >= 15 is 0 Å². The van der Waals surface area contributed by atoms with Crippen LogP contribution < -0.4 is 11.1 Å². The second kappa shape index (κ2) is 9.12. The van der Waals surface area contributed by atoms with E-state index < -0.39 is 12.1 Å². The number of carbonyl (C=O) groups excluding carboxylic acids is 1. The molecule has 0 aliphatic rings. The zero-order chi connectivity index (χ0) is 18.1. The number of carboxylic acids is 1. The number of carboxylic acid groups (broad SMARTS) is 1. The molecule has 0 radical (unpaired) electrons. The fourth-order valence-corrected chi connectivity index (χ4v) is 2.15. The summed E-state index contributed by atoms with van der Waals surface area (Å²) in [6.07, 6.45) is 3.54. The second-order valence-corrected chi connectivity index (χ2v) is 5.33. The van der Waals surface area contributed by atoms with Crippen LogP contribution in [0, 0.1) is 0 Å². The predicted octanol–water partition coefficient (Wildman–Crippen LogP) is 3.30. The Morgan fingerprint density at radius 3 is 2.64 bits per heavy atom. The molecule has 6 heteroatoms. The summed E-state index contributed by atoms with van der Waals surface area (Å²) in [5, 5.41) is 11.8. The third kappa shape index (κ3) is 6.02. The number of carbonyl (C=O) groups is 2. The van der Waals surface area contributed by atoms with Gasteiger partial charge in [0.05, 0.1) is 5.56 Å². The number of alkyl carbamates (subject to hydrolysis) is 1. The van der Waals surface area contributed by atoms with E-state index in [4.69, 9.17) is 15.6 Å². The molecule has 0 bridgehead atoms. The van der Waals surface area contributed by atoms with Gasteiger partial charge >= 0.3 is 12.1 Å². The van der Waals surface area contributed by atoms with Crippen LogP contribution in [0.15, 0.2) is 54.6 Å². The van der Waals surface area contributed by atoms with Crippen molar-refractivity contribution in [2.75, 3.05) is 12.3 Å². The summed E-state index contributed by atoms with van der Waals surface area (Å²) in [5.74, 6) is -1.03. The van der Waals surface area contributed by atoms with Crippen LogP contribution in [0.5, 0.6) is 0 Å². The average molecular weight is 340 g/mol. The number of benzene rings is 2. The van der Waals surface area contributed by atoms with Crippen molar-refractivity contribution in [3.8, 4) is 0 Å². The topological polar surface area (TPSA) is 102 Å². The van der Waals surface area contributed by atoms with E-state index in [1.807, 2.05) is 30.3 Å². The first-order valence-corrected chi connectivity index (χ1v) is 7.80. The van der Waals surface area contributed by atoms with Crippen LogP contribution in [0.3, 0.4) is 0 Å². The Balaban J connectivity index is 1.74. The highest BCUT2D eigenvalue weighted by Gasteiger charge is 2.08. The summed E-state index contributed by atoms with van der Waals surface area (Å²) in [6, 6.07) is 14.1. The van der Waals surface area contributed by atoms with E-state index in [1.54, 1.807) is 24.3 Å². The number of ether oxygens (including phenoxy) is 1. The molecule has 0 atom stereocenters. The second-order valence-electron chi connectivity index (χ2n) is 5.33. The maximum Gasteiger partial charge on any atom is 0.407 e. The Kier molecular flexibility index (Phi) is 6.59. The lowest BCUT2D eigenvalue weighted by Gasteiger charge is -2.06. The summed E-state index contributed by atoms with van der Waals surface area (Å²) < 4.78 is 5.09. The highest BCUT2D eigenvalue weighted by Crippen LogP contribution is 2.15. The molecular weight excluding hydrogens is 320 g/mol. The van der Waals surface area contributed by atoms with Gasteiger partial charge in [-0.3, -0.25) is 0 Å². The molecule has 0 saturated heterocycles. The predicted molar refractivity (Wildman–Crippen MR) is 96.1 cm³/mol. The molecule has 2 aromatic rings. The Morgan fingerprint density at radius 1 is 1.16 bits per heavy atom. The van der Waals surface area contributed by atoms with Crippen LogP contribution in [-0.2, 0) is 11.3 Å². The molecule has 6 nitrogen and oxygen atoms in total. The molecule has 130 valence electrons. The Labute approximate surface area is 145 Å². The molecule has 2 rings (SSSR count). The minimum Gasteiger partial charge on any atom is -0.478 e. The number of nitrogens with one attached hydrogen (secondary N) is 1. The largest absolute Gasteiger partial charge is 0.478 e. The van der Waals surface area contributed by atoms with Gasteiger partial charge in [0, 0.05) is 12.2 Å². The molecule has 2 aromatic carbocycles. The van der Waals surface area contributed by atoms with Crippen molar-refractivity contribution in [3.63, 3.8) is 0 Å². The summed E-state index contributed by atoms with van der Waals surface area (Å²) in [6.45, 7) is 0.609. The average Bonchev–Trinajstić information content (AvgIpc) is 2.61. The van der Waals surface area contributed by atoms with Gasteiger partial charge in [-0.2, -0.15) is 0 Å². The van der Waals surface area contributed by atoms with Crippen molar-refractivity contribution in [3.05, 3.63) is 71.3 Å². The van der Waals surface area contributed by atoms with E-state index in [9.17, 15) is 9.59 Å². The number of aromatic carboxylic acids is 1. The Hall–Kier alpha value is -3.28. The molecule has 0 aliphatic heterocycles. The van der Waals surface area contributed by atoms with Gasteiger partial charge in [0.25, 0.3) is 0 Å². The minimum absolute atomic E-state index is 0.145. The first kappa shape index (κ1) is 18.1. The normalized spacial score (nSPS) is 10.6. The molecule has 0 fully saturated rings. The van der Waals surface area contributed by atoms with Gasteiger partial charge in [-0.15, -0.1) is 0 Å². The lowest BCUT2D eigenvalue weighted by molar-refractivity contribution is 0.0696. The van der Waals surface area contributed by atoms with Crippen molar-refractivity contribution in [2.24, 2.45) is 0 Å². The zero-order valence-electron chi connectivity index (χ0n) is 13.6. The van der Waals surface area contributed by atoms with Crippen molar-refractivity contribution in [1.29, 1.82) is 0 Å². The smallest absolute Gasteiger partial charge is 0.407 e. The number of hydrogen-bond acceptors (Lipinski definition) is 4. The third-order valence-electron chi connectivity index (χ3n) is 3.40. The first-order chi connectivity index (χ1) is 12.1. The molecule has 0 heterocycles. The van der Waals surface area contributed by atoms with E-state index in [2.05, 4.69) is 5.32 Å². The SMILES string of the molecule is Nc1ccc(C=CCCNC(=O)OCc2ccccc2)c(C(=O)O)c1. The van der Waals surface area contributed by atoms with Crippen molar-refractivity contribution < 1.29 is 19.4 Å². The number of nitrogens with two attached hydrogens (primary N) is 1. The van der Waals surface area contributed by atoms with Crippen molar-refractivity contribution >= 4 is 23.8 Å². The maximum atomic E-state index is 11.6. The molecular formula is C19H20N2O4.